The van der Waals surface area contributed by atoms with Crippen LogP contribution in [0.4, 0.5) is 0 Å². The molecule has 4 nitrogen and oxygen atoms in total. The smallest absolute Gasteiger partial charge is 0.234 e. The van der Waals surface area contributed by atoms with Gasteiger partial charge in [0.1, 0.15) is 0 Å². The van der Waals surface area contributed by atoms with Gasteiger partial charge in [-0.15, -0.1) is 0 Å². The minimum Gasteiger partial charge on any atom is -0.392 e. The van der Waals surface area contributed by atoms with E-state index in [0.717, 1.165) is 32.4 Å². The predicted molar refractivity (Wildman–Crippen MR) is 64.1 cm³/mol. The molecule has 2 atom stereocenters. The number of piperidine rings is 1. The third-order valence-corrected chi connectivity index (χ3v) is 3.22. The lowest BCUT2D eigenvalue weighted by molar-refractivity contribution is -0.123. The summed E-state index contributed by atoms with van der Waals surface area (Å²) < 4.78 is 0. The molecule has 1 saturated heterocycles. The number of likely N-dealkylation sites (tertiary alicyclic amines) is 1. The molecule has 0 saturated carbocycles. The van der Waals surface area contributed by atoms with Gasteiger partial charge in [0.05, 0.1) is 12.6 Å². The Hall–Kier alpha value is -0.610. The van der Waals surface area contributed by atoms with Gasteiger partial charge in [-0.1, -0.05) is 20.3 Å². The first-order valence-corrected chi connectivity index (χ1v) is 6.30. The summed E-state index contributed by atoms with van der Waals surface area (Å²) in [6, 6.07) is 0. The maximum atomic E-state index is 11.5. The van der Waals surface area contributed by atoms with Gasteiger partial charge in [-0.25, -0.2) is 0 Å². The van der Waals surface area contributed by atoms with Crippen molar-refractivity contribution in [3.05, 3.63) is 0 Å². The summed E-state index contributed by atoms with van der Waals surface area (Å²) in [5, 5.41) is 12.6. The van der Waals surface area contributed by atoms with Crippen LogP contribution in [0.3, 0.4) is 0 Å². The molecule has 2 N–H and O–H groups in total. The molecule has 4 heteroatoms. The number of carbonyl (C=O) groups excluding carboxylic acids is 1. The first-order valence-electron chi connectivity index (χ1n) is 6.30. The van der Waals surface area contributed by atoms with Crippen LogP contribution < -0.4 is 5.32 Å². The maximum absolute atomic E-state index is 11.5. The van der Waals surface area contributed by atoms with Crippen molar-refractivity contribution in [2.75, 3.05) is 26.2 Å². The molecule has 1 amide bonds. The average molecular weight is 228 g/mol. The van der Waals surface area contributed by atoms with Crippen molar-refractivity contribution in [2.45, 2.75) is 39.2 Å². The van der Waals surface area contributed by atoms with E-state index in [2.05, 4.69) is 19.2 Å². The molecule has 1 fully saturated rings. The van der Waals surface area contributed by atoms with Gasteiger partial charge in [0.2, 0.25) is 5.91 Å². The molecule has 1 aliphatic heterocycles. The Morgan fingerprint density at radius 3 is 2.94 bits per heavy atom. The number of nitrogens with one attached hydrogen (secondary N) is 1. The van der Waals surface area contributed by atoms with E-state index in [-0.39, 0.29) is 12.0 Å². The normalized spacial score (nSPS) is 26.7. The number of hydrogen-bond acceptors (Lipinski definition) is 3. The van der Waals surface area contributed by atoms with Crippen molar-refractivity contribution in [2.24, 2.45) is 5.92 Å². The Balaban J connectivity index is 2.19. The highest BCUT2D eigenvalue weighted by Gasteiger charge is 2.25. The van der Waals surface area contributed by atoms with Crippen molar-refractivity contribution in [1.29, 1.82) is 0 Å². The number of aliphatic hydroxyl groups is 1. The number of β-amino-alcohol motifs (C(OH)–C–C–N with tert-alkyl or cyclic N) is 1. The molecule has 0 aromatic heterocycles. The second kappa shape index (κ2) is 6.86. The first kappa shape index (κ1) is 13.5. The topological polar surface area (TPSA) is 52.6 Å². The molecular formula is C12H24N2O2. The quantitative estimate of drug-likeness (QED) is 0.678. The molecule has 0 aliphatic carbocycles. The fourth-order valence-corrected chi connectivity index (χ4v) is 1.92. The number of aliphatic hydroxyl groups excluding tert-OH is 1. The van der Waals surface area contributed by atoms with Crippen molar-refractivity contribution >= 4 is 5.91 Å². The first-order chi connectivity index (χ1) is 7.63. The van der Waals surface area contributed by atoms with Gasteiger partial charge in [0.15, 0.2) is 0 Å². The number of hydrogen-bond donors (Lipinski definition) is 2. The maximum Gasteiger partial charge on any atom is 0.234 e. The molecule has 0 bridgehead atoms. The van der Waals surface area contributed by atoms with E-state index in [9.17, 15) is 9.90 Å². The van der Waals surface area contributed by atoms with Crippen LogP contribution in [0, 0.1) is 5.92 Å². The van der Waals surface area contributed by atoms with E-state index in [1.54, 1.807) is 0 Å². The molecule has 0 aromatic rings. The fourth-order valence-electron chi connectivity index (χ4n) is 1.92. The molecule has 0 spiro atoms. The van der Waals surface area contributed by atoms with E-state index < -0.39 is 0 Å². The van der Waals surface area contributed by atoms with Gasteiger partial charge in [0, 0.05) is 13.1 Å². The van der Waals surface area contributed by atoms with Gasteiger partial charge in [-0.2, -0.15) is 0 Å². The Morgan fingerprint density at radius 2 is 2.31 bits per heavy atom. The lowest BCUT2D eigenvalue weighted by Gasteiger charge is -2.33. The standard InChI is InChI=1S/C12H24N2O2/c1-3-4-6-13-12(16)9-14-7-5-10(2)11(15)8-14/h10-11,15H,3-9H2,1-2H3,(H,13,16). The van der Waals surface area contributed by atoms with Crippen LogP contribution in [0.1, 0.15) is 33.1 Å². The highest BCUT2D eigenvalue weighted by Crippen LogP contribution is 2.16. The van der Waals surface area contributed by atoms with Gasteiger partial charge < -0.3 is 10.4 Å². The van der Waals surface area contributed by atoms with Crippen LogP contribution in [-0.4, -0.2) is 48.2 Å². The summed E-state index contributed by atoms with van der Waals surface area (Å²) in [4.78, 5) is 13.6. The zero-order valence-corrected chi connectivity index (χ0v) is 10.4. The number of carbonyl (C=O) groups is 1. The van der Waals surface area contributed by atoms with E-state index in [1.807, 2.05) is 4.90 Å². The second-order valence-corrected chi connectivity index (χ2v) is 4.77. The Bertz CT molecular complexity index is 221. The second-order valence-electron chi connectivity index (χ2n) is 4.77. The monoisotopic (exact) mass is 228 g/mol. The van der Waals surface area contributed by atoms with Gasteiger partial charge in [-0.05, 0) is 25.3 Å². The Morgan fingerprint density at radius 1 is 1.56 bits per heavy atom. The Kier molecular flexibility index (Phi) is 5.77. The van der Waals surface area contributed by atoms with Crippen LogP contribution in [0.2, 0.25) is 0 Å². The summed E-state index contributed by atoms with van der Waals surface area (Å²) in [6.45, 7) is 6.90. The van der Waals surface area contributed by atoms with Crippen LogP contribution in [0.15, 0.2) is 0 Å². The lowest BCUT2D eigenvalue weighted by Crippen LogP contribution is -2.47. The van der Waals surface area contributed by atoms with Gasteiger partial charge in [0.25, 0.3) is 0 Å². The van der Waals surface area contributed by atoms with E-state index >= 15 is 0 Å². The summed E-state index contributed by atoms with van der Waals surface area (Å²) in [5.74, 6) is 0.439. The minimum absolute atomic E-state index is 0.0789. The van der Waals surface area contributed by atoms with Crippen molar-refractivity contribution in [3.63, 3.8) is 0 Å². The van der Waals surface area contributed by atoms with Crippen molar-refractivity contribution in [1.82, 2.24) is 10.2 Å². The summed E-state index contributed by atoms with van der Waals surface area (Å²) >= 11 is 0. The Labute approximate surface area is 98.0 Å². The minimum atomic E-state index is -0.280. The van der Waals surface area contributed by atoms with Crippen LogP contribution in [0.5, 0.6) is 0 Å². The molecule has 1 rings (SSSR count). The summed E-state index contributed by atoms with van der Waals surface area (Å²) in [7, 11) is 0. The number of amides is 1. The summed E-state index contributed by atoms with van der Waals surface area (Å²) in [6.07, 6.45) is 2.83. The fraction of sp³-hybridized carbons (Fsp3) is 0.917. The van der Waals surface area contributed by atoms with E-state index in [1.165, 1.54) is 0 Å². The van der Waals surface area contributed by atoms with Crippen molar-refractivity contribution < 1.29 is 9.90 Å². The zero-order valence-electron chi connectivity index (χ0n) is 10.4. The van der Waals surface area contributed by atoms with E-state index in [0.29, 0.717) is 19.0 Å². The van der Waals surface area contributed by atoms with Crippen LogP contribution in [-0.2, 0) is 4.79 Å². The highest BCUT2D eigenvalue weighted by molar-refractivity contribution is 5.77. The van der Waals surface area contributed by atoms with Gasteiger partial charge in [-0.3, -0.25) is 9.69 Å². The molecule has 16 heavy (non-hydrogen) atoms. The molecule has 2 unspecified atom stereocenters. The molecule has 1 aliphatic rings. The largest absolute Gasteiger partial charge is 0.392 e. The third kappa shape index (κ3) is 4.49. The molecular weight excluding hydrogens is 204 g/mol. The molecule has 1 heterocycles. The van der Waals surface area contributed by atoms with Crippen molar-refractivity contribution in [3.8, 4) is 0 Å². The van der Waals surface area contributed by atoms with Crippen LogP contribution >= 0.6 is 0 Å². The summed E-state index contributed by atoms with van der Waals surface area (Å²) in [5.41, 5.74) is 0. The predicted octanol–water partition coefficient (Wildman–Crippen LogP) is 0.605. The van der Waals surface area contributed by atoms with Crippen LogP contribution in [0.25, 0.3) is 0 Å². The van der Waals surface area contributed by atoms with E-state index in [4.69, 9.17) is 0 Å². The zero-order chi connectivity index (χ0) is 12.0. The third-order valence-electron chi connectivity index (χ3n) is 3.22. The number of rotatable bonds is 5. The molecule has 0 aromatic carbocycles. The number of nitrogens with zero attached hydrogens (tertiary/aromatic N) is 1. The number of unbranched alkanes of at least 4 members (excludes halogenated alkanes) is 1. The lowest BCUT2D eigenvalue weighted by atomic mass is 9.96. The SMILES string of the molecule is CCCCNC(=O)CN1CCC(C)C(O)C1. The van der Waals surface area contributed by atoms with Gasteiger partial charge >= 0.3 is 0 Å². The molecule has 0 radical (unpaired) electrons. The highest BCUT2D eigenvalue weighted by atomic mass is 16.3. The average Bonchev–Trinajstić information content (AvgIpc) is 2.24. The molecule has 94 valence electrons.